The quantitative estimate of drug-likeness (QED) is 0.509. The van der Waals surface area contributed by atoms with Gasteiger partial charge in [-0.2, -0.15) is 0 Å². The van der Waals surface area contributed by atoms with E-state index >= 15 is 0 Å². The summed E-state index contributed by atoms with van der Waals surface area (Å²) in [6, 6.07) is 2.82. The van der Waals surface area contributed by atoms with Crippen molar-refractivity contribution in [3.05, 3.63) is 34.2 Å². The molecule has 8 nitrogen and oxygen atoms in total. The molecule has 2 aromatic heterocycles. The fraction of sp³-hybridized carbons (Fsp3) is 0. The first-order chi connectivity index (χ1) is 8.56. The van der Waals surface area contributed by atoms with Gasteiger partial charge in [0.2, 0.25) is 5.89 Å². The van der Waals surface area contributed by atoms with Crippen LogP contribution >= 0.6 is 11.3 Å². The predicted molar refractivity (Wildman–Crippen MR) is 60.9 cm³/mol. The average Bonchev–Trinajstić information content (AvgIpc) is 2.95. The molecule has 2 rings (SSSR count). The van der Waals surface area contributed by atoms with Gasteiger partial charge in [0.15, 0.2) is 0 Å². The molecule has 0 aliphatic rings. The third kappa shape index (κ3) is 2.58. The number of carbonyl (C=O) groups is 1. The molecule has 0 spiro atoms. The predicted octanol–water partition coefficient (Wildman–Crippen LogP) is 1.80. The number of rotatable bonds is 4. The zero-order chi connectivity index (χ0) is 13.1. The largest absolute Gasteiger partial charge is 0.478 e. The molecule has 0 saturated carbocycles. The molecule has 0 radical (unpaired) electrons. The summed E-state index contributed by atoms with van der Waals surface area (Å²) in [5.74, 6) is -1.01. The van der Waals surface area contributed by atoms with Crippen LogP contribution in [0.5, 0.6) is 0 Å². The summed E-state index contributed by atoms with van der Waals surface area (Å²) in [7, 11) is 0. The highest BCUT2D eigenvalue weighted by Gasteiger charge is 2.15. The Morgan fingerprint density at radius 3 is 2.89 bits per heavy atom. The fourth-order valence-corrected chi connectivity index (χ4v) is 1.83. The minimum atomic E-state index is -1.14. The van der Waals surface area contributed by atoms with Crippen molar-refractivity contribution >= 4 is 28.4 Å². The summed E-state index contributed by atoms with van der Waals surface area (Å²) in [5.41, 5.74) is 0. The van der Waals surface area contributed by atoms with E-state index in [1.54, 1.807) is 0 Å². The van der Waals surface area contributed by atoms with Crippen LogP contribution in [-0.2, 0) is 4.79 Å². The number of nitro groups is 1. The number of thiophene rings is 1. The van der Waals surface area contributed by atoms with Gasteiger partial charge in [0.1, 0.15) is 0 Å². The molecular weight excluding hydrogens is 262 g/mol. The molecule has 0 amide bonds. The lowest BCUT2D eigenvalue weighted by Crippen LogP contribution is -1.85. The molecule has 2 aromatic rings. The maximum atomic E-state index is 10.5. The SMILES string of the molecule is O=C(O)/C=C/c1nnc(-c2ccc([N+](=O)[O-])s2)o1. The van der Waals surface area contributed by atoms with Crippen LogP contribution in [-0.4, -0.2) is 26.2 Å². The maximum absolute atomic E-state index is 10.5. The minimum Gasteiger partial charge on any atom is -0.478 e. The van der Waals surface area contributed by atoms with E-state index in [0.29, 0.717) is 4.88 Å². The van der Waals surface area contributed by atoms with Crippen molar-refractivity contribution in [1.82, 2.24) is 10.2 Å². The number of hydrogen-bond acceptors (Lipinski definition) is 7. The lowest BCUT2D eigenvalue weighted by atomic mass is 10.4. The summed E-state index contributed by atoms with van der Waals surface area (Å²) >= 11 is 0.896. The molecule has 0 atom stereocenters. The van der Waals surface area contributed by atoms with Crippen molar-refractivity contribution in [3.63, 3.8) is 0 Å². The highest BCUT2D eigenvalue weighted by atomic mass is 32.1. The molecule has 9 heteroatoms. The third-order valence-corrected chi connectivity index (χ3v) is 2.82. The third-order valence-electron chi connectivity index (χ3n) is 1.79. The van der Waals surface area contributed by atoms with Gasteiger partial charge in [-0.1, -0.05) is 11.3 Å². The summed E-state index contributed by atoms with van der Waals surface area (Å²) < 4.78 is 5.13. The molecular formula is C9H5N3O5S. The van der Waals surface area contributed by atoms with E-state index in [9.17, 15) is 14.9 Å². The van der Waals surface area contributed by atoms with Crippen LogP contribution in [0.25, 0.3) is 16.8 Å². The highest BCUT2D eigenvalue weighted by Crippen LogP contribution is 2.31. The first-order valence-corrected chi connectivity index (χ1v) is 5.37. The smallest absolute Gasteiger partial charge is 0.328 e. The van der Waals surface area contributed by atoms with E-state index in [-0.39, 0.29) is 16.8 Å². The minimum absolute atomic E-state index is 0.0171. The van der Waals surface area contributed by atoms with Crippen molar-refractivity contribution in [2.45, 2.75) is 0 Å². The average molecular weight is 267 g/mol. The van der Waals surface area contributed by atoms with Gasteiger partial charge in [-0.25, -0.2) is 4.79 Å². The number of hydrogen-bond donors (Lipinski definition) is 1. The number of carboxylic acid groups (broad SMARTS) is 1. The van der Waals surface area contributed by atoms with Crippen molar-refractivity contribution in [2.75, 3.05) is 0 Å². The Balaban J connectivity index is 2.23. The van der Waals surface area contributed by atoms with E-state index in [2.05, 4.69) is 10.2 Å². The van der Waals surface area contributed by atoms with Crippen molar-refractivity contribution in [1.29, 1.82) is 0 Å². The van der Waals surface area contributed by atoms with Gasteiger partial charge in [-0.05, 0) is 6.07 Å². The molecule has 0 aromatic carbocycles. The first-order valence-electron chi connectivity index (χ1n) is 4.55. The molecule has 0 aliphatic carbocycles. The molecule has 0 saturated heterocycles. The molecule has 0 bridgehead atoms. The molecule has 0 unspecified atom stereocenters. The second-order valence-electron chi connectivity index (χ2n) is 3.01. The highest BCUT2D eigenvalue weighted by molar-refractivity contribution is 7.18. The lowest BCUT2D eigenvalue weighted by Gasteiger charge is -1.84. The normalized spacial score (nSPS) is 10.9. The standard InChI is InChI=1S/C9H5N3O5S/c13-8(14)4-2-6-10-11-9(17-6)5-1-3-7(18-5)12(15)16/h1-4H,(H,13,14)/b4-2+. The van der Waals surface area contributed by atoms with Crippen molar-refractivity contribution in [2.24, 2.45) is 0 Å². The van der Waals surface area contributed by atoms with E-state index in [1.165, 1.54) is 12.1 Å². The molecule has 0 fully saturated rings. The zero-order valence-corrected chi connectivity index (χ0v) is 9.46. The summed E-state index contributed by atoms with van der Waals surface area (Å²) in [6.45, 7) is 0. The Kier molecular flexibility index (Phi) is 3.15. The first kappa shape index (κ1) is 11.9. The molecule has 1 N–H and O–H groups in total. The van der Waals surface area contributed by atoms with E-state index < -0.39 is 10.9 Å². The molecule has 2 heterocycles. The van der Waals surface area contributed by atoms with Gasteiger partial charge in [-0.15, -0.1) is 10.2 Å². The van der Waals surface area contributed by atoms with Crippen molar-refractivity contribution < 1.29 is 19.2 Å². The number of nitrogens with zero attached hydrogens (tertiary/aromatic N) is 3. The van der Waals surface area contributed by atoms with Crippen molar-refractivity contribution in [3.8, 4) is 10.8 Å². The van der Waals surface area contributed by atoms with Gasteiger partial charge in [0.25, 0.3) is 5.89 Å². The molecule has 18 heavy (non-hydrogen) atoms. The van der Waals surface area contributed by atoms with Gasteiger partial charge in [-0.3, -0.25) is 10.1 Å². The van der Waals surface area contributed by atoms with E-state index in [1.807, 2.05) is 0 Å². The van der Waals surface area contributed by atoms with Crippen LogP contribution in [0.3, 0.4) is 0 Å². The topological polar surface area (TPSA) is 119 Å². The Bertz CT molecular complexity index is 630. The fourth-order valence-electron chi connectivity index (χ4n) is 1.08. The summed E-state index contributed by atoms with van der Waals surface area (Å²) in [6.07, 6.45) is 2.00. The Hall–Kier alpha value is -2.55. The number of aromatic nitrogens is 2. The van der Waals surface area contributed by atoms with Gasteiger partial charge in [0.05, 0.1) is 9.80 Å². The van der Waals surface area contributed by atoms with Gasteiger partial charge in [0, 0.05) is 18.2 Å². The Labute approximate surface area is 103 Å². The van der Waals surface area contributed by atoms with Crippen LogP contribution in [0.15, 0.2) is 22.6 Å². The number of aliphatic carboxylic acids is 1. The van der Waals surface area contributed by atoms with E-state index in [4.69, 9.17) is 9.52 Å². The van der Waals surface area contributed by atoms with Crippen LogP contribution in [0.2, 0.25) is 0 Å². The Morgan fingerprint density at radius 2 is 2.28 bits per heavy atom. The maximum Gasteiger partial charge on any atom is 0.328 e. The second-order valence-corrected chi connectivity index (χ2v) is 4.07. The number of carboxylic acids is 1. The van der Waals surface area contributed by atoms with Gasteiger partial charge >= 0.3 is 11.0 Å². The lowest BCUT2D eigenvalue weighted by molar-refractivity contribution is -0.380. The van der Waals surface area contributed by atoms with Gasteiger partial charge < -0.3 is 9.52 Å². The van der Waals surface area contributed by atoms with Crippen LogP contribution in [0.1, 0.15) is 5.89 Å². The monoisotopic (exact) mass is 267 g/mol. The van der Waals surface area contributed by atoms with Crippen LogP contribution < -0.4 is 0 Å². The zero-order valence-electron chi connectivity index (χ0n) is 8.64. The van der Waals surface area contributed by atoms with Crippen LogP contribution in [0.4, 0.5) is 5.00 Å². The second kappa shape index (κ2) is 4.75. The van der Waals surface area contributed by atoms with Crippen LogP contribution in [0, 0.1) is 10.1 Å². The Morgan fingerprint density at radius 1 is 1.50 bits per heavy atom. The molecule has 92 valence electrons. The summed E-state index contributed by atoms with van der Waals surface area (Å²) in [5, 5.41) is 26.1. The summed E-state index contributed by atoms with van der Waals surface area (Å²) in [4.78, 5) is 20.7. The molecule has 0 aliphatic heterocycles. The van der Waals surface area contributed by atoms with E-state index in [0.717, 1.165) is 23.5 Å².